The molecule has 8 heteroatoms. The number of aromatic carboxylic acids is 1. The highest BCUT2D eigenvalue weighted by molar-refractivity contribution is 6.04. The number of fused-ring (bicyclic) bond motifs is 1. The van der Waals surface area contributed by atoms with E-state index in [2.05, 4.69) is 5.10 Å². The Morgan fingerprint density at radius 3 is 2.76 bits per heavy atom. The predicted octanol–water partition coefficient (Wildman–Crippen LogP) is 3.79. The summed E-state index contributed by atoms with van der Waals surface area (Å²) in [5.74, 6) is -0.350. The number of methoxy groups -OCH3 is 1. The topological polar surface area (TPSA) is 95.7 Å². The third kappa shape index (κ3) is 3.81. The van der Waals surface area contributed by atoms with Crippen LogP contribution >= 0.6 is 0 Å². The zero-order valence-electron chi connectivity index (χ0n) is 16.4. The SMILES string of the molecule is COCOc1ccc(-c2cc(C(=O)O)c3c(C)nn(C4CCCCO4)c3n2)cc1. The van der Waals surface area contributed by atoms with Gasteiger partial charge >= 0.3 is 5.97 Å². The van der Waals surface area contributed by atoms with Gasteiger partial charge in [-0.15, -0.1) is 0 Å². The van der Waals surface area contributed by atoms with E-state index in [0.29, 0.717) is 34.8 Å². The van der Waals surface area contributed by atoms with Crippen molar-refractivity contribution >= 4 is 17.0 Å². The molecule has 4 rings (SSSR count). The van der Waals surface area contributed by atoms with Crippen molar-refractivity contribution in [3.8, 4) is 17.0 Å². The molecule has 1 aromatic carbocycles. The van der Waals surface area contributed by atoms with E-state index in [4.69, 9.17) is 19.2 Å². The summed E-state index contributed by atoms with van der Waals surface area (Å²) < 4.78 is 17.9. The van der Waals surface area contributed by atoms with Gasteiger partial charge in [0.05, 0.1) is 22.3 Å². The lowest BCUT2D eigenvalue weighted by Gasteiger charge is -2.23. The Kier molecular flexibility index (Phi) is 5.46. The Labute approximate surface area is 168 Å². The Hall–Kier alpha value is -2.97. The van der Waals surface area contributed by atoms with Crippen LogP contribution in [-0.2, 0) is 9.47 Å². The molecule has 2 aromatic heterocycles. The fraction of sp³-hybridized carbons (Fsp3) is 0.381. The van der Waals surface area contributed by atoms with Gasteiger partial charge in [0.15, 0.2) is 18.7 Å². The number of benzene rings is 1. The second-order valence-corrected chi connectivity index (χ2v) is 6.99. The molecule has 1 N–H and O–H groups in total. The van der Waals surface area contributed by atoms with Gasteiger partial charge < -0.3 is 19.3 Å². The van der Waals surface area contributed by atoms with Crippen molar-refractivity contribution in [3.63, 3.8) is 0 Å². The standard InChI is InChI=1S/C21H23N3O5/c1-13-19-16(21(25)26)11-17(14-6-8-15(9-7-14)29-12-27-2)22-20(19)24(23-13)18-5-3-4-10-28-18/h6-9,11,18H,3-5,10,12H2,1-2H3,(H,25,26). The molecular weight excluding hydrogens is 374 g/mol. The molecule has 3 aromatic rings. The summed E-state index contributed by atoms with van der Waals surface area (Å²) in [5, 5.41) is 14.9. The molecule has 0 aliphatic carbocycles. The number of hydrogen-bond donors (Lipinski definition) is 1. The van der Waals surface area contributed by atoms with Gasteiger partial charge in [0.1, 0.15) is 5.75 Å². The number of rotatable bonds is 6. The zero-order chi connectivity index (χ0) is 20.4. The van der Waals surface area contributed by atoms with Gasteiger partial charge in [-0.3, -0.25) is 0 Å². The molecule has 1 aliphatic rings. The molecule has 0 spiro atoms. The van der Waals surface area contributed by atoms with Crippen LogP contribution in [0.15, 0.2) is 30.3 Å². The van der Waals surface area contributed by atoms with Gasteiger partial charge in [-0.05, 0) is 56.5 Å². The normalized spacial score (nSPS) is 16.8. The Bertz CT molecular complexity index is 1020. The number of hydrogen-bond acceptors (Lipinski definition) is 6. The fourth-order valence-corrected chi connectivity index (χ4v) is 3.60. The molecule has 1 atom stereocenters. The first-order valence-corrected chi connectivity index (χ1v) is 9.55. The van der Waals surface area contributed by atoms with E-state index in [0.717, 1.165) is 24.8 Å². The number of carboxylic acids is 1. The van der Waals surface area contributed by atoms with Gasteiger partial charge in [-0.2, -0.15) is 5.10 Å². The second kappa shape index (κ2) is 8.18. The van der Waals surface area contributed by atoms with Crippen LogP contribution in [0.3, 0.4) is 0 Å². The average molecular weight is 397 g/mol. The minimum absolute atomic E-state index is 0.159. The molecule has 152 valence electrons. The molecular formula is C21H23N3O5. The number of ether oxygens (including phenoxy) is 3. The third-order valence-corrected chi connectivity index (χ3v) is 4.99. The monoisotopic (exact) mass is 397 g/mol. The molecule has 3 heterocycles. The maximum atomic E-state index is 12.0. The van der Waals surface area contributed by atoms with Gasteiger partial charge in [0.2, 0.25) is 0 Å². The molecule has 29 heavy (non-hydrogen) atoms. The van der Waals surface area contributed by atoms with Crippen LogP contribution in [0.25, 0.3) is 22.3 Å². The summed E-state index contributed by atoms with van der Waals surface area (Å²) in [5.41, 5.74) is 2.70. The highest BCUT2D eigenvalue weighted by Gasteiger charge is 2.25. The highest BCUT2D eigenvalue weighted by atomic mass is 16.7. The number of nitrogens with zero attached hydrogens (tertiary/aromatic N) is 3. The van der Waals surface area contributed by atoms with E-state index in [1.807, 2.05) is 12.1 Å². The van der Waals surface area contributed by atoms with E-state index in [1.54, 1.807) is 36.9 Å². The van der Waals surface area contributed by atoms with Crippen molar-refractivity contribution in [2.24, 2.45) is 0 Å². The van der Waals surface area contributed by atoms with E-state index in [1.165, 1.54) is 0 Å². The van der Waals surface area contributed by atoms with Crippen LogP contribution in [0.4, 0.5) is 0 Å². The first-order valence-electron chi connectivity index (χ1n) is 9.55. The van der Waals surface area contributed by atoms with E-state index >= 15 is 0 Å². The summed E-state index contributed by atoms with van der Waals surface area (Å²) in [6.45, 7) is 2.63. The predicted molar refractivity (Wildman–Crippen MR) is 106 cm³/mol. The average Bonchev–Trinajstić information content (AvgIpc) is 3.09. The van der Waals surface area contributed by atoms with E-state index in [-0.39, 0.29) is 18.6 Å². The van der Waals surface area contributed by atoms with Crippen molar-refractivity contribution in [1.29, 1.82) is 0 Å². The van der Waals surface area contributed by atoms with Crippen LogP contribution in [0, 0.1) is 6.92 Å². The molecule has 1 saturated heterocycles. The first kappa shape index (κ1) is 19.4. The van der Waals surface area contributed by atoms with Crippen LogP contribution < -0.4 is 4.74 Å². The summed E-state index contributed by atoms with van der Waals surface area (Å²) >= 11 is 0. The molecule has 1 aliphatic heterocycles. The number of aromatic nitrogens is 3. The highest BCUT2D eigenvalue weighted by Crippen LogP contribution is 2.32. The minimum Gasteiger partial charge on any atom is -0.478 e. The largest absolute Gasteiger partial charge is 0.478 e. The van der Waals surface area contributed by atoms with Crippen LogP contribution in [-0.4, -0.2) is 46.3 Å². The fourth-order valence-electron chi connectivity index (χ4n) is 3.60. The van der Waals surface area contributed by atoms with Gasteiger partial charge in [0.25, 0.3) is 0 Å². The Balaban J connectivity index is 1.81. The first-order chi connectivity index (χ1) is 14.1. The number of carbonyl (C=O) groups is 1. The maximum absolute atomic E-state index is 12.0. The summed E-state index contributed by atoms with van der Waals surface area (Å²) in [6, 6.07) is 8.88. The minimum atomic E-state index is -1.01. The maximum Gasteiger partial charge on any atom is 0.336 e. The number of aryl methyl sites for hydroxylation is 1. The smallest absolute Gasteiger partial charge is 0.336 e. The molecule has 0 amide bonds. The Morgan fingerprint density at radius 1 is 1.31 bits per heavy atom. The lowest BCUT2D eigenvalue weighted by molar-refractivity contribution is -0.0371. The molecule has 0 radical (unpaired) electrons. The quantitative estimate of drug-likeness (QED) is 0.632. The molecule has 1 unspecified atom stereocenters. The van der Waals surface area contributed by atoms with E-state index < -0.39 is 5.97 Å². The van der Waals surface area contributed by atoms with Crippen LogP contribution in [0.2, 0.25) is 0 Å². The summed E-state index contributed by atoms with van der Waals surface area (Å²) in [6.07, 6.45) is 2.66. The van der Waals surface area contributed by atoms with Crippen LogP contribution in [0.5, 0.6) is 5.75 Å². The van der Waals surface area contributed by atoms with Crippen molar-refractivity contribution < 1.29 is 24.1 Å². The van der Waals surface area contributed by atoms with Gasteiger partial charge in [-0.1, -0.05) is 0 Å². The van der Waals surface area contributed by atoms with Crippen molar-refractivity contribution in [1.82, 2.24) is 14.8 Å². The van der Waals surface area contributed by atoms with E-state index in [9.17, 15) is 9.90 Å². The zero-order valence-corrected chi connectivity index (χ0v) is 16.4. The molecule has 0 saturated carbocycles. The van der Waals surface area contributed by atoms with Crippen molar-refractivity contribution in [2.75, 3.05) is 20.5 Å². The molecule has 8 nitrogen and oxygen atoms in total. The lowest BCUT2D eigenvalue weighted by atomic mass is 10.1. The number of carboxylic acid groups (broad SMARTS) is 1. The molecule has 0 bridgehead atoms. The van der Waals surface area contributed by atoms with Crippen molar-refractivity contribution in [2.45, 2.75) is 32.4 Å². The van der Waals surface area contributed by atoms with Crippen LogP contribution in [0.1, 0.15) is 41.5 Å². The second-order valence-electron chi connectivity index (χ2n) is 6.99. The summed E-state index contributed by atoms with van der Waals surface area (Å²) in [4.78, 5) is 16.7. The van der Waals surface area contributed by atoms with Gasteiger partial charge in [-0.25, -0.2) is 14.5 Å². The van der Waals surface area contributed by atoms with Gasteiger partial charge in [0, 0.05) is 19.3 Å². The molecule has 1 fully saturated rings. The summed E-state index contributed by atoms with van der Waals surface area (Å²) in [7, 11) is 1.56. The van der Waals surface area contributed by atoms with Crippen molar-refractivity contribution in [3.05, 3.63) is 41.6 Å². The third-order valence-electron chi connectivity index (χ3n) is 4.99. The number of pyridine rings is 1. The Morgan fingerprint density at radius 2 is 2.10 bits per heavy atom. The lowest BCUT2D eigenvalue weighted by Crippen LogP contribution is -2.19.